The van der Waals surface area contributed by atoms with E-state index in [1.165, 1.54) is 0 Å². The molecule has 0 aliphatic carbocycles. The van der Waals surface area contributed by atoms with E-state index in [-0.39, 0.29) is 24.5 Å². The predicted octanol–water partition coefficient (Wildman–Crippen LogP) is 3.21. The molecule has 4 amide bonds. The Bertz CT molecular complexity index is 807. The summed E-state index contributed by atoms with van der Waals surface area (Å²) in [5, 5.41) is 6.03. The molecule has 0 bridgehead atoms. The van der Waals surface area contributed by atoms with Gasteiger partial charge in [0, 0.05) is 20.1 Å². The summed E-state index contributed by atoms with van der Waals surface area (Å²) in [4.78, 5) is 41.6. The van der Waals surface area contributed by atoms with Gasteiger partial charge in [-0.3, -0.25) is 9.59 Å². The largest absolute Gasteiger partial charge is 0.347 e. The molecule has 0 aromatic heterocycles. The Hall–Kier alpha value is -2.45. The highest BCUT2D eigenvalue weighted by Gasteiger charge is 2.62. The first-order chi connectivity index (χ1) is 15.7. The monoisotopic (exact) mass is 460 g/mol. The van der Waals surface area contributed by atoms with E-state index in [1.807, 2.05) is 52.1 Å². The van der Waals surface area contributed by atoms with Crippen LogP contribution in [0, 0.1) is 12.3 Å². The average molecular weight is 461 g/mol. The lowest BCUT2D eigenvalue weighted by Crippen LogP contribution is -2.72. The van der Waals surface area contributed by atoms with E-state index in [0.29, 0.717) is 25.9 Å². The zero-order valence-electron chi connectivity index (χ0n) is 20.9. The minimum absolute atomic E-state index is 0.181. The molecule has 2 N–H and O–H groups in total. The number of rotatable bonds is 12. The van der Waals surface area contributed by atoms with Crippen LogP contribution in [0.2, 0.25) is 0 Å². The standard InChI is InChI=1S/C25H40N4O4/c1-7-10-20(19-13-11-18(4)12-14-19)27-24(32)29-22(31)25(8-2,9-3)23(29)33-17-21(30)28(6)16-15-26-5/h11-14,20,23,26H,7-10,15-17H2,1-6H3,(H,27,32). The van der Waals surface area contributed by atoms with Crippen molar-refractivity contribution in [3.8, 4) is 0 Å². The van der Waals surface area contributed by atoms with Gasteiger partial charge in [0.2, 0.25) is 11.8 Å². The van der Waals surface area contributed by atoms with Crippen molar-refractivity contribution in [1.29, 1.82) is 0 Å². The van der Waals surface area contributed by atoms with Crippen LogP contribution in [0.3, 0.4) is 0 Å². The first-order valence-corrected chi connectivity index (χ1v) is 12.0. The molecule has 0 saturated carbocycles. The molecule has 1 fully saturated rings. The summed E-state index contributed by atoms with van der Waals surface area (Å²) in [6, 6.07) is 7.36. The summed E-state index contributed by atoms with van der Waals surface area (Å²) in [5.41, 5.74) is 1.36. The summed E-state index contributed by atoms with van der Waals surface area (Å²) in [6.45, 7) is 8.95. The summed E-state index contributed by atoms with van der Waals surface area (Å²) < 4.78 is 5.94. The molecular formula is C25H40N4O4. The second-order valence-electron chi connectivity index (χ2n) is 8.82. The molecule has 0 spiro atoms. The predicted molar refractivity (Wildman–Crippen MR) is 129 cm³/mol. The fourth-order valence-corrected chi connectivity index (χ4v) is 4.26. The van der Waals surface area contributed by atoms with Crippen LogP contribution in [0.4, 0.5) is 4.79 Å². The lowest BCUT2D eigenvalue weighted by atomic mass is 9.72. The molecule has 1 aromatic carbocycles. The molecule has 33 heavy (non-hydrogen) atoms. The average Bonchev–Trinajstić information content (AvgIpc) is 2.80. The number of likely N-dealkylation sites (N-methyl/N-ethyl adjacent to an activating group) is 2. The summed E-state index contributed by atoms with van der Waals surface area (Å²) in [7, 11) is 3.54. The molecule has 8 heteroatoms. The summed E-state index contributed by atoms with van der Waals surface area (Å²) in [5.74, 6) is -0.431. The Morgan fingerprint density at radius 3 is 2.36 bits per heavy atom. The number of nitrogens with one attached hydrogen (secondary N) is 2. The van der Waals surface area contributed by atoms with E-state index in [9.17, 15) is 14.4 Å². The molecule has 184 valence electrons. The van der Waals surface area contributed by atoms with Gasteiger partial charge in [-0.2, -0.15) is 0 Å². The normalized spacial score (nSPS) is 17.9. The lowest BCUT2D eigenvalue weighted by molar-refractivity contribution is -0.211. The summed E-state index contributed by atoms with van der Waals surface area (Å²) in [6.07, 6.45) is 1.95. The third-order valence-corrected chi connectivity index (χ3v) is 6.67. The molecule has 1 saturated heterocycles. The van der Waals surface area contributed by atoms with Gasteiger partial charge < -0.3 is 20.3 Å². The van der Waals surface area contributed by atoms with E-state index in [2.05, 4.69) is 17.6 Å². The molecule has 0 radical (unpaired) electrons. The number of aryl methyl sites for hydroxylation is 1. The number of hydrogen-bond acceptors (Lipinski definition) is 5. The maximum Gasteiger partial charge on any atom is 0.326 e. The van der Waals surface area contributed by atoms with Gasteiger partial charge in [0.15, 0.2) is 6.23 Å². The Morgan fingerprint density at radius 1 is 1.18 bits per heavy atom. The van der Waals surface area contributed by atoms with Crippen molar-refractivity contribution < 1.29 is 19.1 Å². The van der Waals surface area contributed by atoms with Crippen molar-refractivity contribution in [2.45, 2.75) is 65.6 Å². The van der Waals surface area contributed by atoms with Crippen molar-refractivity contribution >= 4 is 17.8 Å². The number of nitrogens with zero attached hydrogens (tertiary/aromatic N) is 2. The van der Waals surface area contributed by atoms with E-state index in [1.54, 1.807) is 11.9 Å². The van der Waals surface area contributed by atoms with Gasteiger partial charge in [-0.15, -0.1) is 0 Å². The minimum Gasteiger partial charge on any atom is -0.347 e. The van der Waals surface area contributed by atoms with Gasteiger partial charge in [0.25, 0.3) is 0 Å². The van der Waals surface area contributed by atoms with Gasteiger partial charge in [-0.25, -0.2) is 9.69 Å². The van der Waals surface area contributed by atoms with Crippen LogP contribution >= 0.6 is 0 Å². The number of urea groups is 1. The van der Waals surface area contributed by atoms with Crippen molar-refractivity contribution in [3.63, 3.8) is 0 Å². The van der Waals surface area contributed by atoms with Crippen LogP contribution in [0.1, 0.15) is 63.6 Å². The summed E-state index contributed by atoms with van der Waals surface area (Å²) >= 11 is 0. The number of hydrogen-bond donors (Lipinski definition) is 2. The van der Waals surface area contributed by atoms with Crippen LogP contribution < -0.4 is 10.6 Å². The van der Waals surface area contributed by atoms with Crippen LogP contribution in [-0.2, 0) is 14.3 Å². The molecule has 8 nitrogen and oxygen atoms in total. The first-order valence-electron chi connectivity index (χ1n) is 12.0. The van der Waals surface area contributed by atoms with Crippen molar-refractivity contribution in [3.05, 3.63) is 35.4 Å². The number of benzene rings is 1. The Kier molecular flexibility index (Phi) is 9.86. The fraction of sp³-hybridized carbons (Fsp3) is 0.640. The van der Waals surface area contributed by atoms with Gasteiger partial charge in [-0.05, 0) is 38.8 Å². The van der Waals surface area contributed by atoms with Gasteiger partial charge in [0.05, 0.1) is 11.5 Å². The van der Waals surface area contributed by atoms with Crippen molar-refractivity contribution in [2.75, 3.05) is 33.8 Å². The maximum atomic E-state index is 13.2. The number of carbonyl (C=O) groups is 3. The van der Waals surface area contributed by atoms with Gasteiger partial charge in [0.1, 0.15) is 6.61 Å². The minimum atomic E-state index is -0.786. The van der Waals surface area contributed by atoms with Gasteiger partial charge >= 0.3 is 6.03 Å². The molecule has 2 rings (SSSR count). The number of β-lactam (4-membered cyclic amide) rings is 1. The Morgan fingerprint density at radius 2 is 1.82 bits per heavy atom. The second-order valence-corrected chi connectivity index (χ2v) is 8.82. The maximum absolute atomic E-state index is 13.2. The quantitative estimate of drug-likeness (QED) is 0.468. The van der Waals surface area contributed by atoms with Crippen LogP contribution in [0.25, 0.3) is 0 Å². The van der Waals surface area contributed by atoms with E-state index in [0.717, 1.165) is 28.9 Å². The smallest absolute Gasteiger partial charge is 0.326 e. The van der Waals surface area contributed by atoms with Crippen molar-refractivity contribution in [1.82, 2.24) is 20.4 Å². The van der Waals surface area contributed by atoms with Crippen LogP contribution in [0.5, 0.6) is 0 Å². The van der Waals surface area contributed by atoms with E-state index < -0.39 is 17.7 Å². The highest BCUT2D eigenvalue weighted by Crippen LogP contribution is 2.46. The topological polar surface area (TPSA) is 91.0 Å². The highest BCUT2D eigenvalue weighted by atomic mass is 16.5. The Balaban J connectivity index is 2.15. The number of amides is 4. The molecule has 2 atom stereocenters. The number of carbonyl (C=O) groups excluding carboxylic acids is 3. The van der Waals surface area contributed by atoms with Crippen LogP contribution in [0.15, 0.2) is 24.3 Å². The SMILES string of the molecule is CCCC(NC(=O)N1C(=O)C(CC)(CC)C1OCC(=O)N(C)CCNC)c1ccc(C)cc1. The third kappa shape index (κ3) is 5.92. The molecule has 2 unspecified atom stereocenters. The van der Waals surface area contributed by atoms with E-state index in [4.69, 9.17) is 4.74 Å². The zero-order chi connectivity index (χ0) is 24.6. The molecular weight excluding hydrogens is 420 g/mol. The number of likely N-dealkylation sites (tertiary alicyclic amines) is 1. The Labute approximate surface area is 198 Å². The zero-order valence-corrected chi connectivity index (χ0v) is 20.9. The second kappa shape index (κ2) is 12.1. The fourth-order valence-electron chi connectivity index (χ4n) is 4.26. The number of imide groups is 1. The third-order valence-electron chi connectivity index (χ3n) is 6.67. The molecule has 1 aromatic rings. The highest BCUT2D eigenvalue weighted by molar-refractivity contribution is 6.03. The van der Waals surface area contributed by atoms with Crippen molar-refractivity contribution in [2.24, 2.45) is 5.41 Å². The van der Waals surface area contributed by atoms with E-state index >= 15 is 0 Å². The first kappa shape index (κ1) is 26.8. The molecule has 1 heterocycles. The molecule has 1 aliphatic heterocycles. The van der Waals surface area contributed by atoms with Gasteiger partial charge in [-0.1, -0.05) is 57.0 Å². The lowest BCUT2D eigenvalue weighted by Gasteiger charge is -2.53. The van der Waals surface area contributed by atoms with Crippen LogP contribution in [-0.4, -0.2) is 67.7 Å². The molecule has 1 aliphatic rings. The number of ether oxygens (including phenoxy) is 1.